The van der Waals surface area contributed by atoms with Crippen LogP contribution in [-0.4, -0.2) is 33.4 Å². The van der Waals surface area contributed by atoms with Crippen LogP contribution in [0.25, 0.3) is 0 Å². The van der Waals surface area contributed by atoms with Crippen LogP contribution in [0.3, 0.4) is 0 Å². The molecule has 1 fully saturated rings. The van der Waals surface area contributed by atoms with Crippen LogP contribution in [0, 0.1) is 18.3 Å². The Labute approximate surface area is 176 Å². The van der Waals surface area contributed by atoms with Crippen molar-refractivity contribution in [2.24, 2.45) is 11.3 Å². The second kappa shape index (κ2) is 9.61. The fraction of sp³-hybridized carbons (Fsp3) is 0.714. The van der Waals surface area contributed by atoms with Gasteiger partial charge in [-0.15, -0.1) is 0 Å². The van der Waals surface area contributed by atoms with Gasteiger partial charge in [-0.1, -0.05) is 38.5 Å². The maximum Gasteiger partial charge on any atom is 0.336 e. The summed E-state index contributed by atoms with van der Waals surface area (Å²) in [6, 6.07) is 6.54. The first-order valence-corrected chi connectivity index (χ1v) is 13.3. The van der Waals surface area contributed by atoms with E-state index >= 15 is 0 Å². The van der Waals surface area contributed by atoms with E-state index in [0.717, 1.165) is 12.0 Å². The molecule has 0 spiro atoms. The molecule has 1 aromatic carbocycles. The topological polar surface area (TPSA) is 78.9 Å². The maximum absolute atomic E-state index is 13.5. The molecule has 0 amide bonds. The van der Waals surface area contributed by atoms with E-state index in [4.69, 9.17) is 13.2 Å². The second-order valence-corrected chi connectivity index (χ2v) is 12.6. The van der Waals surface area contributed by atoms with E-state index in [1.165, 1.54) is 12.1 Å². The van der Waals surface area contributed by atoms with E-state index < -0.39 is 29.5 Å². The summed E-state index contributed by atoms with van der Waals surface area (Å²) in [4.78, 5) is 0.0994. The molecule has 1 aromatic rings. The summed E-state index contributed by atoms with van der Waals surface area (Å²) in [7, 11) is -7.51. The van der Waals surface area contributed by atoms with Crippen LogP contribution in [-0.2, 0) is 27.9 Å². The van der Waals surface area contributed by atoms with Crippen molar-refractivity contribution in [2.45, 2.75) is 77.5 Å². The van der Waals surface area contributed by atoms with E-state index in [1.807, 2.05) is 6.92 Å². The molecule has 6 nitrogen and oxygen atoms in total. The van der Waals surface area contributed by atoms with Gasteiger partial charge in [0, 0.05) is 0 Å². The van der Waals surface area contributed by atoms with Gasteiger partial charge in [0.25, 0.3) is 10.1 Å². The van der Waals surface area contributed by atoms with Gasteiger partial charge in [0.05, 0.1) is 29.9 Å². The third kappa shape index (κ3) is 6.14. The molecule has 1 saturated carbocycles. The van der Waals surface area contributed by atoms with Crippen molar-refractivity contribution in [1.82, 2.24) is 0 Å². The summed E-state index contributed by atoms with van der Waals surface area (Å²) in [5, 5.41) is 0. The highest BCUT2D eigenvalue weighted by atomic mass is 32.2. The Bertz CT molecular complexity index is 803. The van der Waals surface area contributed by atoms with Crippen molar-refractivity contribution < 1.29 is 26.2 Å². The van der Waals surface area contributed by atoms with Crippen molar-refractivity contribution in [2.75, 3.05) is 13.2 Å². The molecule has 0 aliphatic heterocycles. The third-order valence-electron chi connectivity index (χ3n) is 5.57. The Kier molecular flexibility index (Phi) is 8.13. The highest BCUT2D eigenvalue weighted by molar-refractivity contribution is 7.86. The van der Waals surface area contributed by atoms with Crippen LogP contribution >= 0.6 is 7.60 Å². The molecule has 1 aliphatic carbocycles. The number of rotatable bonds is 8. The van der Waals surface area contributed by atoms with Crippen molar-refractivity contribution in [3.8, 4) is 0 Å². The fourth-order valence-corrected chi connectivity index (χ4v) is 7.31. The van der Waals surface area contributed by atoms with Crippen molar-refractivity contribution in [1.29, 1.82) is 0 Å². The molecular weight excluding hydrogens is 411 g/mol. The molecule has 0 saturated heterocycles. The minimum absolute atomic E-state index is 0.0125. The smallest absolute Gasteiger partial charge is 0.309 e. The van der Waals surface area contributed by atoms with Crippen LogP contribution in [0.5, 0.6) is 0 Å². The van der Waals surface area contributed by atoms with Crippen LogP contribution in [0.15, 0.2) is 29.2 Å². The van der Waals surface area contributed by atoms with Crippen molar-refractivity contribution in [3.63, 3.8) is 0 Å². The van der Waals surface area contributed by atoms with Crippen LogP contribution in [0.2, 0.25) is 0 Å². The van der Waals surface area contributed by atoms with Crippen LogP contribution < -0.4 is 0 Å². The Morgan fingerprint density at radius 2 is 1.59 bits per heavy atom. The minimum Gasteiger partial charge on any atom is -0.309 e. The van der Waals surface area contributed by atoms with Crippen molar-refractivity contribution in [3.05, 3.63) is 29.8 Å². The summed E-state index contributed by atoms with van der Waals surface area (Å²) in [5.74, 6) is 0.244. The first kappa shape index (κ1) is 24.5. The largest absolute Gasteiger partial charge is 0.336 e. The summed E-state index contributed by atoms with van der Waals surface area (Å²) >= 11 is 0. The zero-order valence-electron chi connectivity index (χ0n) is 18.4. The highest BCUT2D eigenvalue weighted by Gasteiger charge is 2.48. The predicted molar refractivity (Wildman–Crippen MR) is 115 cm³/mol. The van der Waals surface area contributed by atoms with Gasteiger partial charge >= 0.3 is 7.60 Å². The molecule has 0 N–H and O–H groups in total. The fourth-order valence-electron chi connectivity index (χ4n) is 3.88. The van der Waals surface area contributed by atoms with Gasteiger partial charge < -0.3 is 9.05 Å². The Balaban J connectivity index is 2.38. The average molecular weight is 447 g/mol. The molecule has 166 valence electrons. The standard InChI is InChI=1S/C21H35O6PS/c1-7-25-28(22,26-8-2)20-14-11-17(21(4,5)6)15-19(20)27-29(23,24)18-12-9-16(3)10-13-18/h9-10,12-13,17,19-20H,7-8,11,14-15H2,1-6H3/t17-,19+,20+/m0/s1. The molecule has 8 heteroatoms. The van der Waals surface area contributed by atoms with Gasteiger partial charge in [0.1, 0.15) is 0 Å². The molecule has 2 rings (SSSR count). The molecule has 0 radical (unpaired) electrons. The second-order valence-electron chi connectivity index (χ2n) is 8.72. The monoisotopic (exact) mass is 446 g/mol. The van der Waals surface area contributed by atoms with E-state index in [2.05, 4.69) is 20.8 Å². The summed E-state index contributed by atoms with van der Waals surface area (Å²) in [6.45, 7) is 12.3. The first-order valence-electron chi connectivity index (χ1n) is 10.3. The number of benzene rings is 1. The molecule has 3 atom stereocenters. The minimum atomic E-state index is -4.00. The van der Waals surface area contributed by atoms with E-state index in [-0.39, 0.29) is 29.4 Å². The molecule has 0 heterocycles. The Morgan fingerprint density at radius 1 is 1.03 bits per heavy atom. The quantitative estimate of drug-likeness (QED) is 0.385. The zero-order valence-corrected chi connectivity index (χ0v) is 20.1. The molecule has 1 aliphatic rings. The number of hydrogen-bond donors (Lipinski definition) is 0. The third-order valence-corrected chi connectivity index (χ3v) is 9.56. The number of aryl methyl sites for hydroxylation is 1. The summed E-state index contributed by atoms with van der Waals surface area (Å²) in [6.07, 6.45) is 1.09. The zero-order chi connectivity index (χ0) is 21.9. The normalized spacial score (nSPS) is 23.9. The molecular formula is C21H35O6PS. The van der Waals surface area contributed by atoms with Crippen LogP contribution in [0.1, 0.15) is 59.4 Å². The van der Waals surface area contributed by atoms with E-state index in [9.17, 15) is 13.0 Å². The Morgan fingerprint density at radius 3 is 2.07 bits per heavy atom. The maximum atomic E-state index is 13.5. The Hall–Kier alpha value is -0.720. The SMILES string of the molecule is CCOP(=O)(OCC)[C@@H]1CC[C@H](C(C)(C)C)C[C@H]1OS(=O)(=O)c1ccc(C)cc1. The number of hydrogen-bond acceptors (Lipinski definition) is 6. The van der Waals surface area contributed by atoms with Gasteiger partial charge in [0.15, 0.2) is 0 Å². The predicted octanol–water partition coefficient (Wildman–Crippen LogP) is 5.55. The lowest BCUT2D eigenvalue weighted by Gasteiger charge is -2.42. The van der Waals surface area contributed by atoms with E-state index in [1.54, 1.807) is 26.0 Å². The summed E-state index contributed by atoms with van der Waals surface area (Å²) in [5.41, 5.74) is 0.340. The first-order chi connectivity index (χ1) is 13.4. The van der Waals surface area contributed by atoms with Gasteiger partial charge in [-0.2, -0.15) is 8.42 Å². The lowest BCUT2D eigenvalue weighted by atomic mass is 9.71. The molecule has 0 unspecified atom stereocenters. The van der Waals surface area contributed by atoms with Crippen molar-refractivity contribution >= 4 is 17.7 Å². The van der Waals surface area contributed by atoms with Crippen LogP contribution in [0.4, 0.5) is 0 Å². The molecule has 0 aromatic heterocycles. The molecule has 29 heavy (non-hydrogen) atoms. The van der Waals surface area contributed by atoms with E-state index in [0.29, 0.717) is 12.8 Å². The lowest BCUT2D eigenvalue weighted by molar-refractivity contribution is 0.0686. The van der Waals surface area contributed by atoms with Gasteiger partial charge in [-0.05, 0) is 63.5 Å². The highest BCUT2D eigenvalue weighted by Crippen LogP contribution is 2.59. The van der Waals surface area contributed by atoms with Gasteiger partial charge in [0.2, 0.25) is 0 Å². The van der Waals surface area contributed by atoms with Gasteiger partial charge in [-0.3, -0.25) is 8.75 Å². The summed E-state index contributed by atoms with van der Waals surface area (Å²) < 4.78 is 56.2. The van der Waals surface area contributed by atoms with Gasteiger partial charge in [-0.25, -0.2) is 0 Å². The lowest BCUT2D eigenvalue weighted by Crippen LogP contribution is -2.41. The average Bonchev–Trinajstić information content (AvgIpc) is 2.61. The molecule has 0 bridgehead atoms.